The number of aromatic nitrogens is 2. The number of aromatic amines is 1. The lowest BCUT2D eigenvalue weighted by Crippen LogP contribution is -2.08. The van der Waals surface area contributed by atoms with Crippen LogP contribution < -0.4 is 5.56 Å². The van der Waals surface area contributed by atoms with Gasteiger partial charge < -0.3 is 0 Å². The predicted octanol–water partition coefficient (Wildman–Crippen LogP) is 8.17. The van der Waals surface area contributed by atoms with Crippen LogP contribution in [0.2, 0.25) is 0 Å². The molecular formula is C33H27BrN2O. The van der Waals surface area contributed by atoms with E-state index >= 15 is 0 Å². The van der Waals surface area contributed by atoms with Crippen molar-refractivity contribution in [1.82, 2.24) is 10.2 Å². The van der Waals surface area contributed by atoms with Gasteiger partial charge in [0.25, 0.3) is 5.56 Å². The largest absolute Gasteiger partial charge is 0.272 e. The second-order valence-electron chi connectivity index (χ2n) is 9.66. The molecule has 0 atom stereocenters. The van der Waals surface area contributed by atoms with E-state index in [1.165, 1.54) is 58.7 Å². The maximum Gasteiger partial charge on any atom is 0.272 e. The Morgan fingerprint density at radius 2 is 1.73 bits per heavy atom. The Labute approximate surface area is 224 Å². The first kappa shape index (κ1) is 23.6. The van der Waals surface area contributed by atoms with E-state index in [0.717, 1.165) is 16.3 Å². The second-order valence-corrected chi connectivity index (χ2v) is 10.6. The summed E-state index contributed by atoms with van der Waals surface area (Å²) in [6, 6.07) is 27.5. The number of H-pyrrole nitrogens is 1. The van der Waals surface area contributed by atoms with E-state index in [4.69, 9.17) is 0 Å². The van der Waals surface area contributed by atoms with E-state index in [9.17, 15) is 4.79 Å². The third-order valence-corrected chi connectivity index (χ3v) is 7.84. The van der Waals surface area contributed by atoms with Crippen molar-refractivity contribution >= 4 is 43.0 Å². The molecule has 2 aliphatic rings. The number of nitrogens with zero attached hydrogens (tertiary/aromatic N) is 1. The highest BCUT2D eigenvalue weighted by atomic mass is 79.9. The first-order chi connectivity index (χ1) is 18.2. The summed E-state index contributed by atoms with van der Waals surface area (Å²) in [6.45, 7) is 0. The van der Waals surface area contributed by atoms with Gasteiger partial charge in [-0.25, -0.2) is 5.10 Å². The summed E-state index contributed by atoms with van der Waals surface area (Å²) in [6.07, 6.45) is 12.2. The number of benzene rings is 4. The van der Waals surface area contributed by atoms with Gasteiger partial charge in [-0.1, -0.05) is 94.3 Å². The fourth-order valence-corrected chi connectivity index (χ4v) is 6.07. The summed E-state index contributed by atoms with van der Waals surface area (Å²) in [5.41, 5.74) is 8.84. The molecule has 5 aromatic rings. The molecule has 3 nitrogen and oxygen atoms in total. The van der Waals surface area contributed by atoms with E-state index in [1.807, 2.05) is 18.2 Å². The minimum atomic E-state index is -0.136. The highest BCUT2D eigenvalue weighted by Gasteiger charge is 2.21. The minimum absolute atomic E-state index is 0.136. The van der Waals surface area contributed by atoms with E-state index in [2.05, 4.69) is 92.9 Å². The van der Waals surface area contributed by atoms with Crippen LogP contribution in [-0.4, -0.2) is 10.2 Å². The number of hydrogen-bond donors (Lipinski definition) is 1. The summed E-state index contributed by atoms with van der Waals surface area (Å²) < 4.78 is 1.15. The molecule has 1 aromatic heterocycles. The van der Waals surface area contributed by atoms with Crippen molar-refractivity contribution in [3.63, 3.8) is 0 Å². The van der Waals surface area contributed by atoms with Crippen molar-refractivity contribution in [3.05, 3.63) is 140 Å². The molecule has 182 valence electrons. The summed E-state index contributed by atoms with van der Waals surface area (Å²) in [5.74, 6) is 0. The number of fused-ring (bicyclic) bond motifs is 5. The van der Waals surface area contributed by atoms with E-state index in [0.29, 0.717) is 5.39 Å². The number of aryl methyl sites for hydroxylation is 1. The van der Waals surface area contributed by atoms with Crippen molar-refractivity contribution in [2.45, 2.75) is 32.1 Å². The molecule has 7 rings (SSSR count). The van der Waals surface area contributed by atoms with Gasteiger partial charge in [-0.2, -0.15) is 5.10 Å². The number of nitrogens with one attached hydrogen (secondary N) is 1. The van der Waals surface area contributed by atoms with Gasteiger partial charge in [0.05, 0.1) is 6.20 Å². The molecule has 0 amide bonds. The van der Waals surface area contributed by atoms with Crippen molar-refractivity contribution < 1.29 is 0 Å². The van der Waals surface area contributed by atoms with Gasteiger partial charge in [-0.15, -0.1) is 0 Å². The van der Waals surface area contributed by atoms with Crippen LogP contribution in [0.3, 0.4) is 0 Å². The molecule has 0 saturated heterocycles. The highest BCUT2D eigenvalue weighted by Crippen LogP contribution is 2.41. The zero-order valence-corrected chi connectivity index (χ0v) is 22.1. The average Bonchev–Trinajstić information content (AvgIpc) is 2.93. The second kappa shape index (κ2) is 10.3. The third-order valence-electron chi connectivity index (χ3n) is 7.34. The average molecular weight is 547 g/mol. The Bertz CT molecular complexity index is 1740. The summed E-state index contributed by atoms with van der Waals surface area (Å²) in [5, 5.41) is 10.5. The molecule has 0 saturated carbocycles. The van der Waals surface area contributed by atoms with Crippen molar-refractivity contribution in [1.29, 1.82) is 0 Å². The van der Waals surface area contributed by atoms with Crippen LogP contribution in [0.5, 0.6) is 0 Å². The van der Waals surface area contributed by atoms with E-state index in [1.54, 1.807) is 23.4 Å². The Kier molecular flexibility index (Phi) is 6.58. The fraction of sp³-hybridized carbons (Fsp3) is 0.152. The van der Waals surface area contributed by atoms with Gasteiger partial charge in [0, 0.05) is 15.2 Å². The molecule has 4 aromatic carbocycles. The van der Waals surface area contributed by atoms with Crippen LogP contribution in [0.1, 0.15) is 41.5 Å². The molecule has 2 aliphatic carbocycles. The molecule has 37 heavy (non-hydrogen) atoms. The topological polar surface area (TPSA) is 45.8 Å². The molecule has 0 aliphatic heterocycles. The lowest BCUT2D eigenvalue weighted by molar-refractivity contribution is 0.830. The Morgan fingerprint density at radius 1 is 0.865 bits per heavy atom. The van der Waals surface area contributed by atoms with Crippen LogP contribution in [0.15, 0.2) is 112 Å². The van der Waals surface area contributed by atoms with Gasteiger partial charge in [0.1, 0.15) is 0 Å². The summed E-state index contributed by atoms with van der Waals surface area (Å²) >= 11 is 3.61. The lowest BCUT2D eigenvalue weighted by Gasteiger charge is -2.26. The molecule has 0 radical (unpaired) electrons. The van der Waals surface area contributed by atoms with Crippen LogP contribution in [0, 0.1) is 0 Å². The van der Waals surface area contributed by atoms with E-state index in [-0.39, 0.29) is 5.56 Å². The van der Waals surface area contributed by atoms with Crippen molar-refractivity contribution in [2.75, 3.05) is 0 Å². The first-order valence-corrected chi connectivity index (χ1v) is 13.6. The molecule has 1 N–H and O–H groups in total. The maximum absolute atomic E-state index is 11.1. The SMILES string of the molecule is Brc1cccc(Cc2cccc3ccc4c(c23)CCC2=C4C=CCC2)c1.O=c1[nH]ncc2ccccc12. The Morgan fingerprint density at radius 3 is 2.62 bits per heavy atom. The molecular weight excluding hydrogens is 520 g/mol. The molecule has 4 heteroatoms. The lowest BCUT2D eigenvalue weighted by atomic mass is 9.78. The van der Waals surface area contributed by atoms with Crippen LogP contribution in [0.4, 0.5) is 0 Å². The fourth-order valence-electron chi connectivity index (χ4n) is 5.63. The van der Waals surface area contributed by atoms with Gasteiger partial charge in [-0.05, 0) is 88.9 Å². The minimum Gasteiger partial charge on any atom is -0.267 e. The Balaban J connectivity index is 0.000000191. The molecule has 0 fully saturated rings. The van der Waals surface area contributed by atoms with Crippen LogP contribution in [0.25, 0.3) is 27.1 Å². The van der Waals surface area contributed by atoms with Gasteiger partial charge in [-0.3, -0.25) is 4.79 Å². The normalized spacial score (nSPS) is 14.2. The van der Waals surface area contributed by atoms with Gasteiger partial charge in [0.2, 0.25) is 0 Å². The van der Waals surface area contributed by atoms with E-state index < -0.39 is 0 Å². The number of halogens is 1. The van der Waals surface area contributed by atoms with Crippen molar-refractivity contribution in [3.8, 4) is 0 Å². The van der Waals surface area contributed by atoms with Gasteiger partial charge >= 0.3 is 0 Å². The third kappa shape index (κ3) is 4.82. The highest BCUT2D eigenvalue weighted by molar-refractivity contribution is 9.10. The molecule has 1 heterocycles. The summed E-state index contributed by atoms with van der Waals surface area (Å²) in [7, 11) is 0. The predicted molar refractivity (Wildman–Crippen MR) is 157 cm³/mol. The Hall–Kier alpha value is -3.76. The molecule has 0 unspecified atom stereocenters. The zero-order chi connectivity index (χ0) is 25.2. The number of allylic oxidation sites excluding steroid dienone is 4. The zero-order valence-electron chi connectivity index (χ0n) is 20.5. The molecule has 0 bridgehead atoms. The first-order valence-electron chi connectivity index (χ1n) is 12.8. The smallest absolute Gasteiger partial charge is 0.267 e. The number of rotatable bonds is 2. The number of hydrogen-bond acceptors (Lipinski definition) is 2. The monoisotopic (exact) mass is 546 g/mol. The molecule has 0 spiro atoms. The maximum atomic E-state index is 11.1. The van der Waals surface area contributed by atoms with Crippen LogP contribution >= 0.6 is 15.9 Å². The van der Waals surface area contributed by atoms with Crippen molar-refractivity contribution in [2.24, 2.45) is 0 Å². The van der Waals surface area contributed by atoms with Gasteiger partial charge in [0.15, 0.2) is 0 Å². The standard InChI is InChI=1S/C25H21Br.C8H6N2O/c26-21-9-3-5-17(16-21)15-20-8-4-7-19-12-13-23-22-10-2-1-6-18(22)11-14-24(23)25(19)20;11-8-7-4-2-1-3-6(7)5-9-10-8/h2-5,7-10,12-13,16H,1,6,11,14-15H2;1-5H,(H,10,11). The quantitative estimate of drug-likeness (QED) is 0.242. The summed E-state index contributed by atoms with van der Waals surface area (Å²) in [4.78, 5) is 11.1. The van der Waals surface area contributed by atoms with Crippen LogP contribution in [-0.2, 0) is 12.8 Å².